The predicted molar refractivity (Wildman–Crippen MR) is 48.1 cm³/mol. The molecular formula is C7H6FN2O5P. The highest BCUT2D eigenvalue weighted by Gasteiger charge is 2.60. The van der Waals surface area contributed by atoms with E-state index in [1.54, 1.807) is 0 Å². The van der Waals surface area contributed by atoms with Crippen molar-refractivity contribution < 1.29 is 27.6 Å². The number of anilines is 1. The number of hydrazine groups is 1. The van der Waals surface area contributed by atoms with E-state index in [1.807, 2.05) is 0 Å². The Labute approximate surface area is 89.3 Å². The maximum atomic E-state index is 13.5. The van der Waals surface area contributed by atoms with Gasteiger partial charge in [-0.25, -0.2) is 8.96 Å². The number of ether oxygens (including phenoxy) is 1. The SMILES string of the molecule is COc1ccc(F)c(N2OP3(=O)ON2O3)c1. The zero-order valence-electron chi connectivity index (χ0n) is 7.99. The molecule has 0 aliphatic carbocycles. The molecule has 1 aromatic rings. The quantitative estimate of drug-likeness (QED) is 0.739. The van der Waals surface area contributed by atoms with E-state index in [0.29, 0.717) is 11.1 Å². The molecule has 0 spiro atoms. The summed E-state index contributed by atoms with van der Waals surface area (Å²) >= 11 is 0. The van der Waals surface area contributed by atoms with E-state index in [2.05, 4.69) is 9.25 Å². The summed E-state index contributed by atoms with van der Waals surface area (Å²) in [7, 11) is -2.08. The van der Waals surface area contributed by atoms with Crippen molar-refractivity contribution in [1.82, 2.24) is 5.34 Å². The molecule has 3 fully saturated rings. The lowest BCUT2D eigenvalue weighted by Gasteiger charge is -2.21. The standard InChI is InChI=1S/C7H6FN2O5P/c1-12-5-2-3-6(8)7(4-5)9-10-14-16(11,13-9)15-10/h2-4H,1H3. The Morgan fingerprint density at radius 1 is 1.38 bits per heavy atom. The third-order valence-electron chi connectivity index (χ3n) is 2.02. The fourth-order valence-electron chi connectivity index (χ4n) is 1.30. The molecule has 0 amide bonds. The lowest BCUT2D eigenvalue weighted by atomic mass is 10.3. The molecule has 86 valence electrons. The third-order valence-corrected chi connectivity index (χ3v) is 3.06. The minimum Gasteiger partial charge on any atom is -0.497 e. The van der Waals surface area contributed by atoms with E-state index in [-0.39, 0.29) is 5.69 Å². The van der Waals surface area contributed by atoms with E-state index in [0.717, 1.165) is 5.17 Å². The number of rotatable bonds is 2. The van der Waals surface area contributed by atoms with Crippen LogP contribution in [-0.4, -0.2) is 12.4 Å². The first kappa shape index (κ1) is 10.0. The van der Waals surface area contributed by atoms with Crippen LogP contribution in [0.1, 0.15) is 0 Å². The Morgan fingerprint density at radius 3 is 2.69 bits per heavy atom. The molecule has 0 N–H and O–H groups in total. The van der Waals surface area contributed by atoms with Crippen molar-refractivity contribution >= 4 is 13.5 Å². The van der Waals surface area contributed by atoms with Crippen LogP contribution in [0.5, 0.6) is 5.75 Å². The summed E-state index contributed by atoms with van der Waals surface area (Å²) in [4.78, 5) is 0. The van der Waals surface area contributed by atoms with Gasteiger partial charge in [0, 0.05) is 6.07 Å². The first-order valence-electron chi connectivity index (χ1n) is 4.24. The number of nitrogens with zero attached hydrogens (tertiary/aromatic N) is 2. The maximum absolute atomic E-state index is 13.5. The van der Waals surface area contributed by atoms with Crippen LogP contribution in [0.3, 0.4) is 0 Å². The highest BCUT2D eigenvalue weighted by molar-refractivity contribution is 7.49. The van der Waals surface area contributed by atoms with Gasteiger partial charge in [0.05, 0.1) is 12.4 Å². The second kappa shape index (κ2) is 3.16. The van der Waals surface area contributed by atoms with Gasteiger partial charge < -0.3 is 4.74 Å². The van der Waals surface area contributed by atoms with Gasteiger partial charge in [0.15, 0.2) is 5.82 Å². The Bertz CT molecular complexity index is 488. The lowest BCUT2D eigenvalue weighted by molar-refractivity contribution is -0.318. The molecule has 0 radical (unpaired) electrons. The normalized spacial score (nSPS) is 31.4. The van der Waals surface area contributed by atoms with Gasteiger partial charge in [-0.05, 0) is 12.1 Å². The molecule has 16 heavy (non-hydrogen) atoms. The fourth-order valence-corrected chi connectivity index (χ4v) is 2.18. The third kappa shape index (κ3) is 1.32. The highest BCUT2D eigenvalue weighted by Crippen LogP contribution is 2.67. The van der Waals surface area contributed by atoms with Crippen molar-refractivity contribution in [3.63, 3.8) is 0 Å². The van der Waals surface area contributed by atoms with Crippen molar-refractivity contribution in [1.29, 1.82) is 0 Å². The predicted octanol–water partition coefficient (Wildman–Crippen LogP) is 1.79. The first-order chi connectivity index (χ1) is 7.61. The topological polar surface area (TPSA) is 60.5 Å². The van der Waals surface area contributed by atoms with Crippen LogP contribution in [0, 0.1) is 5.82 Å². The zero-order chi connectivity index (χ0) is 11.3. The van der Waals surface area contributed by atoms with Gasteiger partial charge in [-0.3, -0.25) is 0 Å². The molecule has 3 heterocycles. The highest BCUT2D eigenvalue weighted by atomic mass is 31.2. The summed E-state index contributed by atoms with van der Waals surface area (Å²) in [6, 6.07) is 3.98. The first-order valence-corrected chi connectivity index (χ1v) is 5.70. The van der Waals surface area contributed by atoms with E-state index in [9.17, 15) is 8.96 Å². The summed E-state index contributed by atoms with van der Waals surface area (Å²) in [6.07, 6.45) is 0. The maximum Gasteiger partial charge on any atom is 0.538 e. The number of fused-ring (bicyclic) bond motifs is 1. The Hall–Kier alpha value is -1.18. The van der Waals surface area contributed by atoms with Gasteiger partial charge in [0.1, 0.15) is 11.4 Å². The van der Waals surface area contributed by atoms with Gasteiger partial charge >= 0.3 is 7.82 Å². The Balaban J connectivity index is 1.97. The molecule has 3 saturated heterocycles. The van der Waals surface area contributed by atoms with Gasteiger partial charge in [-0.1, -0.05) is 0 Å². The van der Waals surface area contributed by atoms with E-state index < -0.39 is 13.6 Å². The van der Waals surface area contributed by atoms with Crippen molar-refractivity contribution in [3.8, 4) is 5.75 Å². The minimum absolute atomic E-state index is 0.0189. The smallest absolute Gasteiger partial charge is 0.497 e. The largest absolute Gasteiger partial charge is 0.538 e. The van der Waals surface area contributed by atoms with Crippen molar-refractivity contribution in [2.45, 2.75) is 0 Å². The lowest BCUT2D eigenvalue weighted by Crippen LogP contribution is -2.34. The molecule has 0 unspecified atom stereocenters. The van der Waals surface area contributed by atoms with Crippen molar-refractivity contribution in [3.05, 3.63) is 24.0 Å². The van der Waals surface area contributed by atoms with Crippen LogP contribution >= 0.6 is 7.82 Å². The fraction of sp³-hybridized carbons (Fsp3) is 0.143. The van der Waals surface area contributed by atoms with Gasteiger partial charge in [0.25, 0.3) is 0 Å². The van der Waals surface area contributed by atoms with Crippen LogP contribution < -0.4 is 9.91 Å². The van der Waals surface area contributed by atoms with Crippen LogP contribution in [0.4, 0.5) is 10.1 Å². The van der Waals surface area contributed by atoms with Crippen molar-refractivity contribution in [2.24, 2.45) is 0 Å². The molecule has 0 atom stereocenters. The van der Waals surface area contributed by atoms with Crippen molar-refractivity contribution in [2.75, 3.05) is 12.3 Å². The van der Waals surface area contributed by atoms with E-state index in [4.69, 9.17) is 9.36 Å². The minimum atomic E-state index is -3.52. The summed E-state index contributed by atoms with van der Waals surface area (Å²) in [5.41, 5.74) is -0.0189. The number of halogens is 1. The summed E-state index contributed by atoms with van der Waals surface area (Å²) < 4.78 is 43.6. The molecule has 9 heteroatoms. The van der Waals surface area contributed by atoms with Crippen LogP contribution in [-0.2, 0) is 18.4 Å². The van der Waals surface area contributed by atoms with Gasteiger partial charge in [-0.2, -0.15) is 0 Å². The van der Waals surface area contributed by atoms with Gasteiger partial charge in [-0.15, -0.1) is 19.0 Å². The Kier molecular flexibility index (Phi) is 1.97. The molecular weight excluding hydrogens is 242 g/mol. The molecule has 7 nitrogen and oxygen atoms in total. The van der Waals surface area contributed by atoms with E-state index in [1.165, 1.54) is 25.3 Å². The Morgan fingerprint density at radius 2 is 2.12 bits per heavy atom. The summed E-state index contributed by atoms with van der Waals surface area (Å²) in [5.74, 6) is -0.170. The molecule has 1 aromatic carbocycles. The second-order valence-electron chi connectivity index (χ2n) is 3.02. The zero-order valence-corrected chi connectivity index (χ0v) is 8.89. The molecule has 3 aliphatic rings. The number of benzene rings is 1. The van der Waals surface area contributed by atoms with Crippen LogP contribution in [0.2, 0.25) is 0 Å². The van der Waals surface area contributed by atoms with E-state index >= 15 is 0 Å². The number of hydrogen-bond donors (Lipinski definition) is 0. The molecule has 0 saturated carbocycles. The monoisotopic (exact) mass is 248 g/mol. The molecule has 2 bridgehead atoms. The van der Waals surface area contributed by atoms with Crippen LogP contribution in [0.25, 0.3) is 0 Å². The van der Waals surface area contributed by atoms with Crippen LogP contribution in [0.15, 0.2) is 18.2 Å². The second-order valence-corrected chi connectivity index (χ2v) is 4.40. The molecule has 0 aromatic heterocycles. The van der Waals surface area contributed by atoms with Gasteiger partial charge in [0.2, 0.25) is 0 Å². The number of methoxy groups -OCH3 is 1. The number of hydrogen-bond acceptors (Lipinski definition) is 7. The number of phosphoric acid groups is 1. The average molecular weight is 248 g/mol. The summed E-state index contributed by atoms with van der Waals surface area (Å²) in [5, 5.41) is 1.51. The average Bonchev–Trinajstić information content (AvgIpc) is 2.72. The molecule has 4 rings (SSSR count). The molecule has 3 aliphatic heterocycles. The summed E-state index contributed by atoms with van der Waals surface area (Å²) in [6.45, 7) is 0.